The first-order valence-corrected chi connectivity index (χ1v) is 11.7. The van der Waals surface area contributed by atoms with Gasteiger partial charge >= 0.3 is 0 Å². The quantitative estimate of drug-likeness (QED) is 0.150. The third kappa shape index (κ3) is 6.49. The van der Waals surface area contributed by atoms with Crippen LogP contribution in [0.3, 0.4) is 0 Å². The van der Waals surface area contributed by atoms with Crippen LogP contribution in [0.1, 0.15) is 25.3 Å². The fourth-order valence-corrected chi connectivity index (χ4v) is 3.44. The first kappa shape index (κ1) is 22.7. The maximum Gasteiger partial charge on any atom is 0.244 e. The van der Waals surface area contributed by atoms with Crippen LogP contribution in [0.5, 0.6) is 5.75 Å². The molecule has 0 saturated carbocycles. The summed E-state index contributed by atoms with van der Waals surface area (Å²) in [6.07, 6.45) is 3.92. The molecule has 1 aromatic heterocycles. The van der Waals surface area contributed by atoms with Crippen LogP contribution >= 0.6 is 15.9 Å². The maximum atomic E-state index is 5.71. The predicted molar refractivity (Wildman–Crippen MR) is 139 cm³/mol. The highest BCUT2D eigenvalue weighted by Gasteiger charge is 2.08. The summed E-state index contributed by atoms with van der Waals surface area (Å²) in [5.74, 6) is 1.30. The van der Waals surface area contributed by atoms with E-state index in [1.165, 1.54) is 0 Å². The molecule has 0 bridgehead atoms. The summed E-state index contributed by atoms with van der Waals surface area (Å²) in [5, 5.41) is 4.35. The fraction of sp³-hybridized carbons (Fsp3) is 0.148. The van der Waals surface area contributed by atoms with Gasteiger partial charge in [-0.3, -0.25) is 0 Å². The second kappa shape index (κ2) is 11.4. The second-order valence-electron chi connectivity index (χ2n) is 7.48. The molecule has 0 spiro atoms. The van der Waals surface area contributed by atoms with E-state index in [2.05, 4.69) is 43.3 Å². The SMILES string of the molecule is CCCCOc1ccc(/C=N/Nc2nc(-c3ccccc3)cc(-c3ccc(Br)cc3)n2)cc1. The molecule has 0 amide bonds. The first-order chi connectivity index (χ1) is 16.2. The number of nitrogens with zero attached hydrogens (tertiary/aromatic N) is 3. The summed E-state index contributed by atoms with van der Waals surface area (Å²) in [7, 11) is 0. The summed E-state index contributed by atoms with van der Waals surface area (Å²) in [4.78, 5) is 9.34. The number of rotatable bonds is 9. The zero-order valence-electron chi connectivity index (χ0n) is 18.4. The van der Waals surface area contributed by atoms with Gasteiger partial charge in [0.1, 0.15) is 5.75 Å². The second-order valence-corrected chi connectivity index (χ2v) is 8.39. The van der Waals surface area contributed by atoms with E-state index in [1.54, 1.807) is 6.21 Å². The lowest BCUT2D eigenvalue weighted by atomic mass is 10.1. The molecule has 0 saturated heterocycles. The summed E-state index contributed by atoms with van der Waals surface area (Å²) >= 11 is 3.49. The van der Waals surface area contributed by atoms with Gasteiger partial charge in [-0.25, -0.2) is 15.4 Å². The third-order valence-corrected chi connectivity index (χ3v) is 5.49. The van der Waals surface area contributed by atoms with E-state index in [0.29, 0.717) is 5.95 Å². The van der Waals surface area contributed by atoms with Crippen molar-refractivity contribution in [2.24, 2.45) is 5.10 Å². The lowest BCUT2D eigenvalue weighted by molar-refractivity contribution is 0.309. The number of nitrogens with one attached hydrogen (secondary N) is 1. The van der Waals surface area contributed by atoms with Crippen molar-refractivity contribution >= 4 is 28.1 Å². The van der Waals surface area contributed by atoms with Crippen molar-refractivity contribution in [3.63, 3.8) is 0 Å². The van der Waals surface area contributed by atoms with Crippen LogP contribution < -0.4 is 10.2 Å². The van der Waals surface area contributed by atoms with Crippen molar-refractivity contribution in [2.75, 3.05) is 12.0 Å². The van der Waals surface area contributed by atoms with Crippen LogP contribution in [0, 0.1) is 0 Å². The van der Waals surface area contributed by atoms with Gasteiger partial charge < -0.3 is 4.74 Å². The number of hydrazone groups is 1. The lowest BCUT2D eigenvalue weighted by Crippen LogP contribution is -2.00. The van der Waals surface area contributed by atoms with E-state index >= 15 is 0 Å². The summed E-state index contributed by atoms with van der Waals surface area (Å²) in [6.45, 7) is 2.89. The van der Waals surface area contributed by atoms with Gasteiger partial charge in [0.05, 0.1) is 24.2 Å². The minimum absolute atomic E-state index is 0.435. The predicted octanol–water partition coefficient (Wildman–Crippen LogP) is 7.20. The van der Waals surface area contributed by atoms with Crippen LogP contribution in [0.4, 0.5) is 5.95 Å². The highest BCUT2D eigenvalue weighted by molar-refractivity contribution is 9.10. The smallest absolute Gasteiger partial charge is 0.244 e. The van der Waals surface area contributed by atoms with Gasteiger partial charge in [0, 0.05) is 15.6 Å². The van der Waals surface area contributed by atoms with Crippen LogP contribution in [0.15, 0.2) is 94.5 Å². The Kier molecular flexibility index (Phi) is 7.82. The lowest BCUT2D eigenvalue weighted by Gasteiger charge is -2.08. The Bertz CT molecular complexity index is 1190. The average molecular weight is 501 g/mol. The molecular weight excluding hydrogens is 476 g/mol. The zero-order valence-corrected chi connectivity index (χ0v) is 20.0. The molecule has 33 heavy (non-hydrogen) atoms. The minimum Gasteiger partial charge on any atom is -0.494 e. The van der Waals surface area contributed by atoms with Gasteiger partial charge in [0.2, 0.25) is 5.95 Å². The summed E-state index contributed by atoms with van der Waals surface area (Å²) in [5.41, 5.74) is 7.62. The normalized spacial score (nSPS) is 11.0. The standard InChI is InChI=1S/C27H25BrN4O/c1-2-3-17-33-24-15-9-20(10-16-24)19-29-32-27-30-25(21-7-5-4-6-8-21)18-26(31-27)22-11-13-23(28)14-12-22/h4-16,18-19H,2-3,17H2,1H3,(H,30,31,32)/b29-19+. The molecule has 0 aliphatic heterocycles. The number of halogens is 1. The maximum absolute atomic E-state index is 5.71. The molecule has 0 fully saturated rings. The number of aromatic nitrogens is 2. The molecule has 1 N–H and O–H groups in total. The van der Waals surface area contributed by atoms with Crippen LogP contribution in [-0.4, -0.2) is 22.8 Å². The van der Waals surface area contributed by atoms with Gasteiger partial charge in [0.25, 0.3) is 0 Å². The molecule has 166 valence electrons. The van der Waals surface area contributed by atoms with Crippen molar-refractivity contribution in [3.8, 4) is 28.3 Å². The van der Waals surface area contributed by atoms with Crippen LogP contribution in [0.25, 0.3) is 22.5 Å². The molecular formula is C27H25BrN4O. The van der Waals surface area contributed by atoms with Crippen LogP contribution in [0.2, 0.25) is 0 Å². The summed E-state index contributed by atoms with van der Waals surface area (Å²) in [6, 6.07) is 27.9. The monoisotopic (exact) mass is 500 g/mol. The summed E-state index contributed by atoms with van der Waals surface area (Å²) < 4.78 is 6.73. The number of hydrogen-bond donors (Lipinski definition) is 1. The fourth-order valence-electron chi connectivity index (χ4n) is 3.17. The Hall–Kier alpha value is -3.51. The Labute approximate surface area is 202 Å². The van der Waals surface area contributed by atoms with E-state index in [-0.39, 0.29) is 0 Å². The van der Waals surface area contributed by atoms with E-state index in [9.17, 15) is 0 Å². The largest absolute Gasteiger partial charge is 0.494 e. The minimum atomic E-state index is 0.435. The van der Waals surface area contributed by atoms with E-state index in [4.69, 9.17) is 4.74 Å². The van der Waals surface area contributed by atoms with Gasteiger partial charge in [-0.15, -0.1) is 0 Å². The highest BCUT2D eigenvalue weighted by atomic mass is 79.9. The molecule has 0 aliphatic rings. The van der Waals surface area contributed by atoms with E-state index in [0.717, 1.165) is 57.7 Å². The van der Waals surface area contributed by atoms with Gasteiger partial charge in [0.15, 0.2) is 0 Å². The van der Waals surface area contributed by atoms with Crippen molar-refractivity contribution < 1.29 is 4.74 Å². The molecule has 0 atom stereocenters. The molecule has 5 nitrogen and oxygen atoms in total. The molecule has 1 heterocycles. The van der Waals surface area contributed by atoms with Gasteiger partial charge in [-0.1, -0.05) is 71.7 Å². The molecule has 0 aliphatic carbocycles. The van der Waals surface area contributed by atoms with Gasteiger partial charge in [-0.05, 0) is 54.4 Å². The number of benzene rings is 3. The zero-order chi connectivity index (χ0) is 22.9. The van der Waals surface area contributed by atoms with Crippen molar-refractivity contribution in [2.45, 2.75) is 19.8 Å². The van der Waals surface area contributed by atoms with E-state index < -0.39 is 0 Å². The molecule has 0 unspecified atom stereocenters. The number of anilines is 1. The Balaban J connectivity index is 1.54. The van der Waals surface area contributed by atoms with Crippen molar-refractivity contribution in [3.05, 3.63) is 95.0 Å². The Morgan fingerprint density at radius 3 is 2.21 bits per heavy atom. The Morgan fingerprint density at radius 2 is 1.55 bits per heavy atom. The number of ether oxygens (including phenoxy) is 1. The Morgan fingerprint density at radius 1 is 0.879 bits per heavy atom. The average Bonchev–Trinajstić information content (AvgIpc) is 2.86. The molecule has 3 aromatic carbocycles. The van der Waals surface area contributed by atoms with E-state index in [1.807, 2.05) is 84.9 Å². The van der Waals surface area contributed by atoms with Crippen molar-refractivity contribution in [1.29, 1.82) is 0 Å². The first-order valence-electron chi connectivity index (χ1n) is 10.9. The topological polar surface area (TPSA) is 59.4 Å². The molecule has 6 heteroatoms. The molecule has 4 aromatic rings. The highest BCUT2D eigenvalue weighted by Crippen LogP contribution is 2.26. The van der Waals surface area contributed by atoms with Crippen molar-refractivity contribution in [1.82, 2.24) is 9.97 Å². The molecule has 0 radical (unpaired) electrons. The third-order valence-electron chi connectivity index (χ3n) is 4.96. The number of unbranched alkanes of at least 4 members (excludes halogenated alkanes) is 1. The number of hydrogen-bond acceptors (Lipinski definition) is 5. The van der Waals surface area contributed by atoms with Crippen LogP contribution in [-0.2, 0) is 0 Å². The molecule has 4 rings (SSSR count). The van der Waals surface area contributed by atoms with Gasteiger partial charge in [-0.2, -0.15) is 5.10 Å².